The van der Waals surface area contributed by atoms with Gasteiger partial charge in [-0.3, -0.25) is 4.57 Å². The van der Waals surface area contributed by atoms with E-state index in [0.717, 1.165) is 0 Å². The molecule has 0 saturated carbocycles. The SMILES string of the molecule is CC(C)(C)NCC(O)Cn1c(=O)oc2ccccc21. The minimum absolute atomic E-state index is 0.0651. The van der Waals surface area contributed by atoms with E-state index in [2.05, 4.69) is 5.32 Å². The first-order valence-corrected chi connectivity index (χ1v) is 6.38. The van der Waals surface area contributed by atoms with E-state index in [1.54, 1.807) is 6.07 Å². The van der Waals surface area contributed by atoms with E-state index >= 15 is 0 Å². The number of β-amino-alcohol motifs (C(OH)–C–C–N with tert-alkyl or cyclic N) is 1. The summed E-state index contributed by atoms with van der Waals surface area (Å²) in [6.07, 6.45) is -0.641. The minimum Gasteiger partial charge on any atom is -0.408 e. The van der Waals surface area contributed by atoms with Gasteiger partial charge in [-0.15, -0.1) is 0 Å². The van der Waals surface area contributed by atoms with Crippen LogP contribution in [0.5, 0.6) is 0 Å². The molecule has 0 aliphatic heterocycles. The van der Waals surface area contributed by atoms with E-state index in [-0.39, 0.29) is 12.1 Å². The van der Waals surface area contributed by atoms with E-state index in [1.165, 1.54) is 4.57 Å². The highest BCUT2D eigenvalue weighted by Crippen LogP contribution is 2.12. The van der Waals surface area contributed by atoms with Crippen LogP contribution in [0.2, 0.25) is 0 Å². The zero-order valence-corrected chi connectivity index (χ0v) is 11.5. The molecule has 0 amide bonds. The van der Waals surface area contributed by atoms with Crippen molar-refractivity contribution < 1.29 is 9.52 Å². The molecular weight excluding hydrogens is 244 g/mol. The largest absolute Gasteiger partial charge is 0.420 e. The third kappa shape index (κ3) is 3.45. The third-order valence-electron chi connectivity index (χ3n) is 2.84. The average Bonchev–Trinajstić information content (AvgIpc) is 2.63. The Balaban J connectivity index is 2.13. The molecule has 2 aromatic rings. The van der Waals surface area contributed by atoms with Crippen molar-refractivity contribution in [3.8, 4) is 0 Å². The molecule has 104 valence electrons. The molecule has 0 aliphatic carbocycles. The second-order valence-corrected chi connectivity index (χ2v) is 5.73. The molecule has 0 bridgehead atoms. The fourth-order valence-electron chi connectivity index (χ4n) is 1.89. The molecule has 0 fully saturated rings. The first-order valence-electron chi connectivity index (χ1n) is 6.38. The lowest BCUT2D eigenvalue weighted by Gasteiger charge is -2.22. The smallest absolute Gasteiger partial charge is 0.408 e. The Morgan fingerprint density at radius 3 is 2.74 bits per heavy atom. The molecule has 2 rings (SSSR count). The second kappa shape index (κ2) is 5.19. The number of benzene rings is 1. The maximum absolute atomic E-state index is 11.7. The van der Waals surface area contributed by atoms with Crippen LogP contribution in [0.4, 0.5) is 0 Å². The Bertz CT molecular complexity index is 607. The van der Waals surface area contributed by atoms with Crippen LogP contribution in [0.1, 0.15) is 20.8 Å². The van der Waals surface area contributed by atoms with Gasteiger partial charge in [0.1, 0.15) is 0 Å². The van der Waals surface area contributed by atoms with Gasteiger partial charge in [0.2, 0.25) is 0 Å². The van der Waals surface area contributed by atoms with Crippen LogP contribution >= 0.6 is 0 Å². The van der Waals surface area contributed by atoms with E-state index in [0.29, 0.717) is 17.6 Å². The molecule has 1 aromatic carbocycles. The van der Waals surface area contributed by atoms with Gasteiger partial charge in [0.25, 0.3) is 0 Å². The monoisotopic (exact) mass is 264 g/mol. The molecule has 5 nitrogen and oxygen atoms in total. The molecule has 19 heavy (non-hydrogen) atoms. The van der Waals surface area contributed by atoms with Gasteiger partial charge in [-0.2, -0.15) is 0 Å². The van der Waals surface area contributed by atoms with Crippen molar-refractivity contribution >= 4 is 11.1 Å². The molecule has 0 spiro atoms. The molecule has 0 radical (unpaired) electrons. The Kier molecular flexibility index (Phi) is 3.78. The highest BCUT2D eigenvalue weighted by Gasteiger charge is 2.15. The van der Waals surface area contributed by atoms with Crippen LogP contribution in [0.15, 0.2) is 33.5 Å². The minimum atomic E-state index is -0.641. The summed E-state index contributed by atoms with van der Waals surface area (Å²) in [6.45, 7) is 6.73. The number of rotatable bonds is 4. The van der Waals surface area contributed by atoms with Crippen molar-refractivity contribution in [2.24, 2.45) is 0 Å². The number of hydrogen-bond acceptors (Lipinski definition) is 4. The van der Waals surface area contributed by atoms with Gasteiger partial charge in [0.05, 0.1) is 18.2 Å². The van der Waals surface area contributed by atoms with Crippen LogP contribution in [0.3, 0.4) is 0 Å². The summed E-state index contributed by atoms with van der Waals surface area (Å²) in [4.78, 5) is 11.7. The lowest BCUT2D eigenvalue weighted by atomic mass is 10.1. The molecule has 0 saturated heterocycles. The standard InChI is InChI=1S/C14H20N2O3/c1-14(2,3)15-8-10(17)9-16-11-6-4-5-7-12(11)19-13(16)18/h4-7,10,15,17H,8-9H2,1-3H3. The summed E-state index contributed by atoms with van der Waals surface area (Å²) < 4.78 is 6.58. The fraction of sp³-hybridized carbons (Fsp3) is 0.500. The van der Waals surface area contributed by atoms with Crippen molar-refractivity contribution in [3.63, 3.8) is 0 Å². The molecule has 5 heteroatoms. The molecule has 0 aliphatic rings. The Morgan fingerprint density at radius 1 is 1.37 bits per heavy atom. The van der Waals surface area contributed by atoms with Gasteiger partial charge in [-0.1, -0.05) is 12.1 Å². The highest BCUT2D eigenvalue weighted by molar-refractivity contribution is 5.72. The van der Waals surface area contributed by atoms with Gasteiger partial charge < -0.3 is 14.8 Å². The van der Waals surface area contributed by atoms with Crippen LogP contribution in [-0.4, -0.2) is 27.9 Å². The normalized spacial score (nSPS) is 13.9. The number of aliphatic hydroxyl groups excluding tert-OH is 1. The summed E-state index contributed by atoms with van der Waals surface area (Å²) in [7, 11) is 0. The Morgan fingerprint density at radius 2 is 2.05 bits per heavy atom. The van der Waals surface area contributed by atoms with Crippen molar-refractivity contribution in [2.75, 3.05) is 6.54 Å². The van der Waals surface area contributed by atoms with E-state index in [9.17, 15) is 9.90 Å². The van der Waals surface area contributed by atoms with Gasteiger partial charge in [0, 0.05) is 12.1 Å². The van der Waals surface area contributed by atoms with E-state index < -0.39 is 11.9 Å². The summed E-state index contributed by atoms with van der Waals surface area (Å²) in [5, 5.41) is 13.2. The molecule has 2 N–H and O–H groups in total. The summed E-state index contributed by atoms with van der Waals surface area (Å²) in [6, 6.07) is 7.21. The van der Waals surface area contributed by atoms with Crippen molar-refractivity contribution in [2.45, 2.75) is 39.0 Å². The van der Waals surface area contributed by atoms with Crippen LogP contribution in [0.25, 0.3) is 11.1 Å². The molecule has 1 aromatic heterocycles. The number of aliphatic hydroxyl groups is 1. The predicted octanol–water partition coefficient (Wildman–Crippen LogP) is 1.34. The number of aromatic nitrogens is 1. The molecule has 1 atom stereocenters. The topological polar surface area (TPSA) is 67.4 Å². The lowest BCUT2D eigenvalue weighted by Crippen LogP contribution is -2.42. The molecule has 1 unspecified atom stereocenters. The lowest BCUT2D eigenvalue weighted by molar-refractivity contribution is 0.140. The zero-order chi connectivity index (χ0) is 14.0. The Hall–Kier alpha value is -1.59. The molecule has 1 heterocycles. The van der Waals surface area contributed by atoms with Crippen LogP contribution < -0.4 is 11.1 Å². The number of oxazole rings is 1. The number of para-hydroxylation sites is 2. The average molecular weight is 264 g/mol. The quantitative estimate of drug-likeness (QED) is 0.874. The number of fused-ring (bicyclic) bond motifs is 1. The Labute approximate surface area is 111 Å². The van der Waals surface area contributed by atoms with Gasteiger partial charge in [-0.05, 0) is 32.9 Å². The highest BCUT2D eigenvalue weighted by atomic mass is 16.4. The van der Waals surface area contributed by atoms with Crippen molar-refractivity contribution in [3.05, 3.63) is 34.8 Å². The summed E-state index contributed by atoms with van der Waals surface area (Å²) >= 11 is 0. The van der Waals surface area contributed by atoms with Gasteiger partial charge >= 0.3 is 5.76 Å². The van der Waals surface area contributed by atoms with Crippen molar-refractivity contribution in [1.82, 2.24) is 9.88 Å². The first-order chi connectivity index (χ1) is 8.87. The van der Waals surface area contributed by atoms with Crippen LogP contribution in [-0.2, 0) is 6.54 Å². The predicted molar refractivity (Wildman–Crippen MR) is 74.2 cm³/mol. The van der Waals surface area contributed by atoms with Crippen molar-refractivity contribution in [1.29, 1.82) is 0 Å². The second-order valence-electron chi connectivity index (χ2n) is 5.73. The van der Waals surface area contributed by atoms with Gasteiger partial charge in [0.15, 0.2) is 5.58 Å². The zero-order valence-electron chi connectivity index (χ0n) is 11.5. The van der Waals surface area contributed by atoms with Gasteiger partial charge in [-0.25, -0.2) is 4.79 Å². The third-order valence-corrected chi connectivity index (χ3v) is 2.84. The van der Waals surface area contributed by atoms with E-state index in [4.69, 9.17) is 4.42 Å². The maximum Gasteiger partial charge on any atom is 0.420 e. The number of nitrogens with zero attached hydrogens (tertiary/aromatic N) is 1. The van der Waals surface area contributed by atoms with E-state index in [1.807, 2.05) is 39.0 Å². The fourth-order valence-corrected chi connectivity index (χ4v) is 1.89. The summed E-state index contributed by atoms with van der Waals surface area (Å²) in [5.41, 5.74) is 1.19. The number of nitrogens with one attached hydrogen (secondary N) is 1. The number of hydrogen-bond donors (Lipinski definition) is 2. The maximum atomic E-state index is 11.7. The molecular formula is C14H20N2O3. The summed E-state index contributed by atoms with van der Waals surface area (Å²) in [5.74, 6) is -0.434. The first kappa shape index (κ1) is 13.8. The van der Waals surface area contributed by atoms with Crippen LogP contribution in [0, 0.1) is 0 Å².